The van der Waals surface area contributed by atoms with E-state index in [2.05, 4.69) is 26.1 Å². The number of nitrogens with two attached hydrogens (primary N) is 1. The minimum Gasteiger partial charge on any atom is -0.330 e. The lowest BCUT2D eigenvalue weighted by atomic mass is 9.94. The highest BCUT2D eigenvalue weighted by Crippen LogP contribution is 2.30. The van der Waals surface area contributed by atoms with Crippen LogP contribution >= 0.6 is 0 Å². The molecule has 1 aliphatic rings. The summed E-state index contributed by atoms with van der Waals surface area (Å²) in [5, 5.41) is 3.61. The minimum absolute atomic E-state index is 0.640. The fourth-order valence-corrected chi connectivity index (χ4v) is 2.57. The summed E-state index contributed by atoms with van der Waals surface area (Å²) in [5.74, 6) is 3.17. The summed E-state index contributed by atoms with van der Waals surface area (Å²) < 4.78 is 0. The number of rotatable bonds is 6. The van der Waals surface area contributed by atoms with Gasteiger partial charge >= 0.3 is 0 Å². The summed E-state index contributed by atoms with van der Waals surface area (Å²) in [7, 11) is 0. The third-order valence-electron chi connectivity index (χ3n) is 4.10. The third kappa shape index (κ3) is 4.12. The van der Waals surface area contributed by atoms with Gasteiger partial charge in [-0.15, -0.1) is 0 Å². The second kappa shape index (κ2) is 6.49. The van der Waals surface area contributed by atoms with Crippen LogP contribution in [0.5, 0.6) is 0 Å². The van der Waals surface area contributed by atoms with Crippen LogP contribution in [0.15, 0.2) is 0 Å². The normalized spacial score (nSPS) is 28.6. The summed E-state index contributed by atoms with van der Waals surface area (Å²) >= 11 is 0. The highest BCUT2D eigenvalue weighted by atomic mass is 14.9. The highest BCUT2D eigenvalue weighted by Gasteiger charge is 2.23. The molecule has 0 heterocycles. The summed E-state index contributed by atoms with van der Waals surface area (Å²) in [6.07, 6.45) is 4.28. The highest BCUT2D eigenvalue weighted by molar-refractivity contribution is 4.77. The van der Waals surface area contributed by atoms with Gasteiger partial charge in [0.05, 0.1) is 0 Å². The lowest BCUT2D eigenvalue weighted by Crippen LogP contribution is -2.34. The van der Waals surface area contributed by atoms with E-state index in [4.69, 9.17) is 5.73 Å². The molecule has 1 fully saturated rings. The Kier molecular flexibility index (Phi) is 5.62. The van der Waals surface area contributed by atoms with Crippen molar-refractivity contribution in [2.75, 3.05) is 19.6 Å². The molecule has 2 heteroatoms. The van der Waals surface area contributed by atoms with Gasteiger partial charge in [-0.3, -0.25) is 0 Å². The largest absolute Gasteiger partial charge is 0.330 e. The van der Waals surface area contributed by atoms with Crippen LogP contribution in [0.4, 0.5) is 0 Å². The van der Waals surface area contributed by atoms with Gasteiger partial charge in [-0.1, -0.05) is 33.6 Å². The zero-order valence-electron chi connectivity index (χ0n) is 10.6. The van der Waals surface area contributed by atoms with Gasteiger partial charge in [0, 0.05) is 0 Å². The maximum atomic E-state index is 5.76. The van der Waals surface area contributed by atoms with Crippen LogP contribution in [0, 0.1) is 23.7 Å². The molecule has 0 aromatic carbocycles. The Morgan fingerprint density at radius 1 is 1.33 bits per heavy atom. The molecule has 0 aromatic rings. The Balaban J connectivity index is 2.14. The average Bonchev–Trinajstić information content (AvgIpc) is 2.58. The zero-order chi connectivity index (χ0) is 11.3. The first kappa shape index (κ1) is 13.0. The molecule has 2 nitrogen and oxygen atoms in total. The van der Waals surface area contributed by atoms with Crippen LogP contribution in [0.1, 0.15) is 40.0 Å². The molecule has 0 aromatic heterocycles. The molecule has 0 spiro atoms. The topological polar surface area (TPSA) is 38.0 Å². The van der Waals surface area contributed by atoms with Gasteiger partial charge in [-0.05, 0) is 49.7 Å². The van der Waals surface area contributed by atoms with E-state index in [1.807, 2.05) is 0 Å². The average molecular weight is 212 g/mol. The van der Waals surface area contributed by atoms with E-state index in [1.165, 1.54) is 25.8 Å². The summed E-state index contributed by atoms with van der Waals surface area (Å²) in [6.45, 7) is 10.0. The van der Waals surface area contributed by atoms with Crippen molar-refractivity contribution in [3.8, 4) is 0 Å². The van der Waals surface area contributed by atoms with E-state index >= 15 is 0 Å². The fourth-order valence-electron chi connectivity index (χ4n) is 2.57. The molecule has 0 aliphatic heterocycles. The van der Waals surface area contributed by atoms with Crippen molar-refractivity contribution >= 4 is 0 Å². The SMILES string of the molecule is CC(C)C(CN)CNCC1CCCC1C. The molecule has 1 aliphatic carbocycles. The van der Waals surface area contributed by atoms with Crippen molar-refractivity contribution < 1.29 is 0 Å². The minimum atomic E-state index is 0.640. The fraction of sp³-hybridized carbons (Fsp3) is 1.00. The van der Waals surface area contributed by atoms with Crippen molar-refractivity contribution in [2.45, 2.75) is 40.0 Å². The zero-order valence-corrected chi connectivity index (χ0v) is 10.6. The number of hydrogen-bond donors (Lipinski definition) is 2. The molecule has 0 amide bonds. The predicted molar refractivity (Wildman–Crippen MR) is 66.8 cm³/mol. The van der Waals surface area contributed by atoms with Crippen molar-refractivity contribution in [1.82, 2.24) is 5.32 Å². The third-order valence-corrected chi connectivity index (χ3v) is 4.10. The Morgan fingerprint density at radius 2 is 2.07 bits per heavy atom. The van der Waals surface area contributed by atoms with Gasteiger partial charge in [0.2, 0.25) is 0 Å². The van der Waals surface area contributed by atoms with Crippen LogP contribution in [0.3, 0.4) is 0 Å². The quantitative estimate of drug-likeness (QED) is 0.708. The lowest BCUT2D eigenvalue weighted by molar-refractivity contribution is 0.335. The van der Waals surface area contributed by atoms with Gasteiger partial charge in [-0.25, -0.2) is 0 Å². The number of nitrogens with one attached hydrogen (secondary N) is 1. The van der Waals surface area contributed by atoms with Gasteiger partial charge < -0.3 is 11.1 Å². The molecule has 0 saturated heterocycles. The van der Waals surface area contributed by atoms with Crippen molar-refractivity contribution in [1.29, 1.82) is 0 Å². The van der Waals surface area contributed by atoms with Gasteiger partial charge in [0.25, 0.3) is 0 Å². The Labute approximate surface area is 95.0 Å². The smallest absolute Gasteiger partial charge is 0.000589 e. The van der Waals surface area contributed by atoms with E-state index in [-0.39, 0.29) is 0 Å². The molecule has 1 rings (SSSR count). The molecule has 15 heavy (non-hydrogen) atoms. The van der Waals surface area contributed by atoms with Crippen LogP contribution in [0.25, 0.3) is 0 Å². The second-order valence-corrected chi connectivity index (χ2v) is 5.57. The van der Waals surface area contributed by atoms with Crippen molar-refractivity contribution in [3.05, 3.63) is 0 Å². The first-order chi connectivity index (χ1) is 7.15. The van der Waals surface area contributed by atoms with Crippen LogP contribution in [-0.2, 0) is 0 Å². The lowest BCUT2D eigenvalue weighted by Gasteiger charge is -2.22. The molecule has 0 radical (unpaired) electrons. The van der Waals surface area contributed by atoms with Crippen LogP contribution in [-0.4, -0.2) is 19.6 Å². The van der Waals surface area contributed by atoms with E-state index in [0.717, 1.165) is 24.9 Å². The van der Waals surface area contributed by atoms with E-state index in [9.17, 15) is 0 Å². The van der Waals surface area contributed by atoms with E-state index < -0.39 is 0 Å². The predicted octanol–water partition coefficient (Wildman–Crippen LogP) is 2.24. The van der Waals surface area contributed by atoms with Crippen LogP contribution < -0.4 is 11.1 Å². The second-order valence-electron chi connectivity index (χ2n) is 5.57. The molecule has 3 atom stereocenters. The Bertz CT molecular complexity index is 166. The molecule has 3 unspecified atom stereocenters. The summed E-state index contributed by atoms with van der Waals surface area (Å²) in [6, 6.07) is 0. The van der Waals surface area contributed by atoms with Crippen molar-refractivity contribution in [3.63, 3.8) is 0 Å². The molecule has 0 bridgehead atoms. The molecule has 3 N–H and O–H groups in total. The van der Waals surface area contributed by atoms with Gasteiger partial charge in [0.1, 0.15) is 0 Å². The Hall–Kier alpha value is -0.0800. The van der Waals surface area contributed by atoms with Crippen molar-refractivity contribution in [2.24, 2.45) is 29.4 Å². The van der Waals surface area contributed by atoms with Crippen LogP contribution in [0.2, 0.25) is 0 Å². The summed E-state index contributed by atoms with van der Waals surface area (Å²) in [4.78, 5) is 0. The molecular weight excluding hydrogens is 184 g/mol. The van der Waals surface area contributed by atoms with Gasteiger partial charge in [0.15, 0.2) is 0 Å². The monoisotopic (exact) mass is 212 g/mol. The first-order valence-electron chi connectivity index (χ1n) is 6.56. The maximum absolute atomic E-state index is 5.76. The summed E-state index contributed by atoms with van der Waals surface area (Å²) in [5.41, 5.74) is 5.76. The standard InChI is InChI=1S/C13H28N2/c1-10(2)13(7-14)9-15-8-12-6-4-5-11(12)3/h10-13,15H,4-9,14H2,1-3H3. The van der Waals surface area contributed by atoms with Gasteiger partial charge in [-0.2, -0.15) is 0 Å². The Morgan fingerprint density at radius 3 is 2.53 bits per heavy atom. The number of hydrogen-bond acceptors (Lipinski definition) is 2. The maximum Gasteiger partial charge on any atom is -0.000589 e. The molecule has 90 valence electrons. The first-order valence-corrected chi connectivity index (χ1v) is 6.56. The molecular formula is C13H28N2. The molecule has 1 saturated carbocycles. The van der Waals surface area contributed by atoms with E-state index in [1.54, 1.807) is 0 Å². The van der Waals surface area contributed by atoms with E-state index in [0.29, 0.717) is 11.8 Å².